The van der Waals surface area contributed by atoms with Gasteiger partial charge in [-0.25, -0.2) is 0 Å². The maximum absolute atomic E-state index is 12.0. The molecular formula is C16H17NO4. The fourth-order valence-corrected chi connectivity index (χ4v) is 2.07. The number of carboxylic acid groups (broad SMARTS) is 1. The summed E-state index contributed by atoms with van der Waals surface area (Å²) in [5, 5.41) is 22.9. The zero-order valence-electron chi connectivity index (χ0n) is 11.9. The number of carbonyl (C=O) groups is 2. The van der Waals surface area contributed by atoms with Crippen molar-refractivity contribution < 1.29 is 19.8 Å². The van der Waals surface area contributed by atoms with E-state index in [1.807, 2.05) is 0 Å². The van der Waals surface area contributed by atoms with Gasteiger partial charge in [-0.15, -0.1) is 0 Å². The van der Waals surface area contributed by atoms with Crippen molar-refractivity contribution in [2.75, 3.05) is 5.32 Å². The highest BCUT2D eigenvalue weighted by atomic mass is 16.4. The van der Waals surface area contributed by atoms with E-state index in [0.717, 1.165) is 0 Å². The van der Waals surface area contributed by atoms with Crippen LogP contribution in [0.15, 0.2) is 36.4 Å². The predicted octanol–water partition coefficient (Wildman–Crippen LogP) is 2.98. The molecule has 2 aromatic rings. The number of carboxylic acids is 1. The van der Waals surface area contributed by atoms with Gasteiger partial charge in [0.2, 0.25) is 5.91 Å². The molecule has 0 radical (unpaired) electrons. The van der Waals surface area contributed by atoms with Crippen LogP contribution in [0.2, 0.25) is 0 Å². The normalized spacial score (nSPS) is 11.3. The first-order valence-corrected chi connectivity index (χ1v) is 6.55. The molecule has 110 valence electrons. The number of phenols is 1. The number of amides is 1. The third kappa shape index (κ3) is 3.13. The lowest BCUT2D eigenvalue weighted by molar-refractivity contribution is -0.148. The molecule has 0 heterocycles. The molecule has 5 heteroatoms. The van der Waals surface area contributed by atoms with Gasteiger partial charge in [0.05, 0.1) is 5.41 Å². The van der Waals surface area contributed by atoms with Crippen LogP contribution in [0.4, 0.5) is 5.69 Å². The SMILES string of the molecule is CC(C)(CC(=O)Nc1cccc2c(O)cccc12)C(=O)O. The molecule has 0 aliphatic heterocycles. The van der Waals surface area contributed by atoms with Crippen molar-refractivity contribution in [3.63, 3.8) is 0 Å². The molecule has 3 N–H and O–H groups in total. The smallest absolute Gasteiger partial charge is 0.309 e. The zero-order valence-corrected chi connectivity index (χ0v) is 11.9. The van der Waals surface area contributed by atoms with Crippen LogP contribution in [0.3, 0.4) is 0 Å². The lowest BCUT2D eigenvalue weighted by Gasteiger charge is -2.18. The Bertz CT molecular complexity index is 706. The van der Waals surface area contributed by atoms with E-state index in [4.69, 9.17) is 5.11 Å². The summed E-state index contributed by atoms with van der Waals surface area (Å²) in [5.74, 6) is -1.26. The standard InChI is InChI=1S/C16H17NO4/c1-16(2,15(20)21)9-14(19)17-12-7-3-6-11-10(12)5-4-8-13(11)18/h3-8,18H,9H2,1-2H3,(H,17,19)(H,20,21). The monoisotopic (exact) mass is 287 g/mol. The lowest BCUT2D eigenvalue weighted by Crippen LogP contribution is -2.29. The van der Waals surface area contributed by atoms with Crippen LogP contribution >= 0.6 is 0 Å². The highest BCUT2D eigenvalue weighted by Crippen LogP contribution is 2.30. The van der Waals surface area contributed by atoms with E-state index in [9.17, 15) is 14.7 Å². The van der Waals surface area contributed by atoms with E-state index in [1.165, 1.54) is 13.8 Å². The van der Waals surface area contributed by atoms with E-state index < -0.39 is 11.4 Å². The number of aromatic hydroxyl groups is 1. The number of hydrogen-bond acceptors (Lipinski definition) is 3. The molecule has 0 spiro atoms. The number of nitrogens with one attached hydrogen (secondary N) is 1. The molecule has 0 aliphatic rings. The number of rotatable bonds is 4. The lowest BCUT2D eigenvalue weighted by atomic mass is 9.89. The van der Waals surface area contributed by atoms with Crippen LogP contribution < -0.4 is 5.32 Å². The Morgan fingerprint density at radius 1 is 1.10 bits per heavy atom. The predicted molar refractivity (Wildman–Crippen MR) is 80.3 cm³/mol. The van der Waals surface area contributed by atoms with Crippen LogP contribution in [-0.2, 0) is 9.59 Å². The Balaban J connectivity index is 2.27. The number of fused-ring (bicyclic) bond motifs is 1. The minimum atomic E-state index is -1.13. The van der Waals surface area contributed by atoms with E-state index in [2.05, 4.69) is 5.32 Å². The fraction of sp³-hybridized carbons (Fsp3) is 0.250. The number of aliphatic carboxylic acids is 1. The Kier molecular flexibility index (Phi) is 3.84. The Morgan fingerprint density at radius 3 is 2.38 bits per heavy atom. The summed E-state index contributed by atoms with van der Waals surface area (Å²) in [5.41, 5.74) is -0.578. The van der Waals surface area contributed by atoms with Crippen LogP contribution in [-0.4, -0.2) is 22.1 Å². The third-order valence-electron chi connectivity index (χ3n) is 3.35. The van der Waals surface area contributed by atoms with E-state index in [0.29, 0.717) is 16.5 Å². The summed E-state index contributed by atoms with van der Waals surface area (Å²) in [6.07, 6.45) is -0.127. The Hall–Kier alpha value is -2.56. The summed E-state index contributed by atoms with van der Waals surface area (Å²) in [7, 11) is 0. The second-order valence-corrected chi connectivity index (χ2v) is 5.59. The van der Waals surface area contributed by atoms with Crippen molar-refractivity contribution in [1.82, 2.24) is 0 Å². The molecule has 1 amide bonds. The minimum Gasteiger partial charge on any atom is -0.507 e. The van der Waals surface area contributed by atoms with Crippen LogP contribution in [0, 0.1) is 5.41 Å². The first-order valence-electron chi connectivity index (χ1n) is 6.55. The van der Waals surface area contributed by atoms with Gasteiger partial charge in [-0.2, -0.15) is 0 Å². The average molecular weight is 287 g/mol. The topological polar surface area (TPSA) is 86.6 Å². The Morgan fingerprint density at radius 2 is 1.71 bits per heavy atom. The summed E-state index contributed by atoms with van der Waals surface area (Å²) in [6, 6.07) is 10.2. The van der Waals surface area contributed by atoms with E-state index in [-0.39, 0.29) is 18.1 Å². The Labute approximate surface area is 122 Å². The molecule has 0 aliphatic carbocycles. The van der Waals surface area contributed by atoms with Crippen molar-refractivity contribution in [2.24, 2.45) is 5.41 Å². The van der Waals surface area contributed by atoms with E-state index in [1.54, 1.807) is 36.4 Å². The molecule has 2 rings (SSSR count). The number of phenolic OH excluding ortho intramolecular Hbond substituents is 1. The maximum Gasteiger partial charge on any atom is 0.309 e. The van der Waals surface area contributed by atoms with Crippen molar-refractivity contribution in [3.05, 3.63) is 36.4 Å². The second kappa shape index (κ2) is 5.44. The van der Waals surface area contributed by atoms with Gasteiger partial charge in [-0.1, -0.05) is 24.3 Å². The van der Waals surface area contributed by atoms with Gasteiger partial charge in [-0.3, -0.25) is 9.59 Å². The quantitative estimate of drug-likeness (QED) is 0.806. The summed E-state index contributed by atoms with van der Waals surface area (Å²) < 4.78 is 0. The number of hydrogen-bond donors (Lipinski definition) is 3. The zero-order chi connectivity index (χ0) is 15.6. The fourth-order valence-electron chi connectivity index (χ4n) is 2.07. The van der Waals surface area contributed by atoms with Crippen molar-refractivity contribution in [3.8, 4) is 5.75 Å². The van der Waals surface area contributed by atoms with Crippen molar-refractivity contribution in [1.29, 1.82) is 0 Å². The first kappa shape index (κ1) is 14.8. The summed E-state index contributed by atoms with van der Waals surface area (Å²) in [4.78, 5) is 23.1. The molecule has 0 bridgehead atoms. The van der Waals surface area contributed by atoms with Gasteiger partial charge in [0.25, 0.3) is 0 Å². The number of anilines is 1. The van der Waals surface area contributed by atoms with E-state index >= 15 is 0 Å². The maximum atomic E-state index is 12.0. The van der Waals surface area contributed by atoms with Gasteiger partial charge in [0.15, 0.2) is 0 Å². The van der Waals surface area contributed by atoms with Gasteiger partial charge in [0, 0.05) is 22.9 Å². The third-order valence-corrected chi connectivity index (χ3v) is 3.35. The van der Waals surface area contributed by atoms with Gasteiger partial charge >= 0.3 is 5.97 Å². The highest BCUT2D eigenvalue weighted by Gasteiger charge is 2.30. The number of benzene rings is 2. The molecule has 2 aromatic carbocycles. The molecule has 0 saturated heterocycles. The molecule has 21 heavy (non-hydrogen) atoms. The highest BCUT2D eigenvalue weighted by molar-refractivity contribution is 6.04. The molecule has 0 atom stereocenters. The van der Waals surface area contributed by atoms with Crippen LogP contribution in [0.1, 0.15) is 20.3 Å². The van der Waals surface area contributed by atoms with Crippen molar-refractivity contribution in [2.45, 2.75) is 20.3 Å². The summed E-state index contributed by atoms with van der Waals surface area (Å²) >= 11 is 0. The van der Waals surface area contributed by atoms with Crippen molar-refractivity contribution >= 4 is 28.3 Å². The van der Waals surface area contributed by atoms with Gasteiger partial charge < -0.3 is 15.5 Å². The molecule has 0 aromatic heterocycles. The molecule has 5 nitrogen and oxygen atoms in total. The first-order chi connectivity index (χ1) is 9.81. The summed E-state index contributed by atoms with van der Waals surface area (Å²) in [6.45, 7) is 3.01. The van der Waals surface area contributed by atoms with Crippen LogP contribution in [0.5, 0.6) is 5.75 Å². The van der Waals surface area contributed by atoms with Gasteiger partial charge in [-0.05, 0) is 26.0 Å². The molecule has 0 saturated carbocycles. The van der Waals surface area contributed by atoms with Gasteiger partial charge in [0.1, 0.15) is 5.75 Å². The molecular weight excluding hydrogens is 270 g/mol. The average Bonchev–Trinajstić information content (AvgIpc) is 2.39. The second-order valence-electron chi connectivity index (χ2n) is 5.59. The molecule has 0 fully saturated rings. The number of carbonyl (C=O) groups excluding carboxylic acids is 1. The largest absolute Gasteiger partial charge is 0.507 e. The molecule has 0 unspecified atom stereocenters. The van der Waals surface area contributed by atoms with Crippen LogP contribution in [0.25, 0.3) is 10.8 Å². The minimum absolute atomic E-state index is 0.127.